The van der Waals surface area contributed by atoms with Crippen LogP contribution in [0.3, 0.4) is 0 Å². The van der Waals surface area contributed by atoms with Crippen LogP contribution in [-0.2, 0) is 30.5 Å². The lowest BCUT2D eigenvalue weighted by Crippen LogP contribution is -2.41. The number of hydrogen-bond acceptors (Lipinski definition) is 15. The maximum absolute atomic E-state index is 12.4. The normalized spacial score (nSPS) is 11.9. The van der Waals surface area contributed by atoms with E-state index in [1.807, 2.05) is 165 Å². The van der Waals surface area contributed by atoms with Gasteiger partial charge in [0.25, 0.3) is 16.7 Å². The van der Waals surface area contributed by atoms with Crippen LogP contribution in [0.5, 0.6) is 23.0 Å². The number of halogens is 3. The van der Waals surface area contributed by atoms with Crippen molar-refractivity contribution >= 4 is 79.6 Å². The Morgan fingerprint density at radius 3 is 1.22 bits per heavy atom. The van der Waals surface area contributed by atoms with Crippen LogP contribution in [0.25, 0.3) is 39.3 Å². The number of nitrogens with zero attached hydrogens (tertiary/aromatic N) is 9. The summed E-state index contributed by atoms with van der Waals surface area (Å²) in [6, 6.07) is 27.8. The number of nitrogens with one attached hydrogen (secondary N) is 1. The van der Waals surface area contributed by atoms with Crippen molar-refractivity contribution < 1.29 is 38.7 Å². The third-order valence-electron chi connectivity index (χ3n) is 16.6. The van der Waals surface area contributed by atoms with Crippen LogP contribution in [0.1, 0.15) is 108 Å². The number of hydrogen-bond donors (Lipinski definition) is 4. The van der Waals surface area contributed by atoms with Crippen molar-refractivity contribution in [1.29, 1.82) is 0 Å². The summed E-state index contributed by atoms with van der Waals surface area (Å²) in [5, 5.41) is 39.8. The minimum atomic E-state index is -1.41. The van der Waals surface area contributed by atoms with Crippen molar-refractivity contribution in [2.75, 3.05) is 21.3 Å². The molecule has 0 radical (unpaired) electrons. The van der Waals surface area contributed by atoms with E-state index in [4.69, 9.17) is 33.6 Å². The summed E-state index contributed by atoms with van der Waals surface area (Å²) in [7, 11) is 8.75. The number of H-pyrrole nitrogens is 1. The van der Waals surface area contributed by atoms with E-state index in [1.165, 1.54) is 0 Å². The van der Waals surface area contributed by atoms with E-state index in [1.54, 1.807) is 148 Å². The Morgan fingerprint density at radius 2 is 0.868 bits per heavy atom. The summed E-state index contributed by atoms with van der Waals surface area (Å²) >= 11 is 9.05. The Bertz CT molecular complexity index is 4940. The molecule has 8 heterocycles. The zero-order valence-corrected chi connectivity index (χ0v) is 67.2. The number of aromatic hydroxyl groups is 1. The van der Waals surface area contributed by atoms with Crippen LogP contribution in [0.15, 0.2) is 187 Å². The highest BCUT2D eigenvalue weighted by atomic mass is 127. The van der Waals surface area contributed by atoms with E-state index in [9.17, 15) is 24.3 Å². The fraction of sp³-hybridized carbons (Fsp3) is 0.329. The number of methoxy groups -OCH3 is 3. The molecule has 0 saturated carbocycles. The molecule has 0 aliphatic carbocycles. The van der Waals surface area contributed by atoms with Gasteiger partial charge < -0.3 is 43.7 Å². The van der Waals surface area contributed by atoms with Crippen LogP contribution >= 0.6 is 54.5 Å². The first kappa shape index (κ1) is 91.4. The van der Waals surface area contributed by atoms with Gasteiger partial charge in [0.05, 0.1) is 62.0 Å². The van der Waals surface area contributed by atoms with Gasteiger partial charge in [-0.1, -0.05) is 64.8 Å². The number of rotatable bonds is 10. The van der Waals surface area contributed by atoms with Crippen LogP contribution in [0.4, 0.5) is 0 Å². The second-order valence-electron chi connectivity index (χ2n) is 25.7. The molecule has 1 fully saturated rings. The molecule has 0 atom stereocenters. The maximum Gasteiger partial charge on any atom is 0.498 e. The molecule has 1 aliphatic heterocycles. The van der Waals surface area contributed by atoms with Gasteiger partial charge in [0, 0.05) is 136 Å². The predicted molar refractivity (Wildman–Crippen MR) is 447 cm³/mol. The minimum Gasteiger partial charge on any atom is -0.508 e. The average molecular weight is 1690 g/mol. The zero-order valence-electron chi connectivity index (χ0n) is 61.9. The minimum absolute atomic E-state index is 0. The number of aromatic amines is 1. The average Bonchev–Trinajstić information content (AvgIpc) is 1.57. The van der Waals surface area contributed by atoms with Crippen molar-refractivity contribution in [1.82, 2.24) is 48.0 Å². The summed E-state index contributed by atoms with van der Waals surface area (Å²) in [5.74, 6) is 2.47. The van der Waals surface area contributed by atoms with Gasteiger partial charge >= 0.3 is 14.2 Å². The standard InChI is InChI=1S/C18H19N3O2.C17H17N3O2.C14H14BrNO2.C10H17BN2O2.C8H11BO3.C6H6BrNO.C3H7I.3CH4/c1-12-8-18(22)21(11-16(12)14-9-19-20(3)10-14)17-6-5-15(23-4)7-13(17)2;1-11-7-17(22)20(16-5-4-14(21)6-12(16)2)10-15(11)13-8-18-19(3)9-13;1-9-7-14(17)16(8-12(9)15)13-5-4-11(18-3)6-10(13)2;1-9(2)10(3,4)15-11(14-9)8-6-12-13(5)7-8;1-6-5-7(12-2)3-4-8(6)9(10)11;1-4-2-6(9)8-3-5(4)7;1-3(2)4;;;/h5-11H,1-4H3;4-10,21H,1-3H3;4-8H,1-3H3;6-7H,1-5H3;3-5,10-11H,1-2H3;2-3H,1H3,(H,8,9);3H,1-2H3;3*1H4. The van der Waals surface area contributed by atoms with E-state index >= 15 is 0 Å². The molecular weight excluding hydrogens is 1590 g/mol. The van der Waals surface area contributed by atoms with Crippen molar-refractivity contribution in [3.05, 3.63) is 254 Å². The molecular formula is C79H103B2Br2IN10O12. The number of aromatic nitrogens is 10. The summed E-state index contributed by atoms with van der Waals surface area (Å²) in [4.78, 5) is 49.9. The Balaban J connectivity index is 0.000000332. The van der Waals surface area contributed by atoms with E-state index in [0.29, 0.717) is 5.46 Å². The number of ether oxygens (including phenoxy) is 3. The fourth-order valence-corrected chi connectivity index (χ4v) is 10.8. The van der Waals surface area contributed by atoms with Crippen LogP contribution in [0.2, 0.25) is 0 Å². The van der Waals surface area contributed by atoms with Crippen LogP contribution in [0, 0.1) is 55.4 Å². The second-order valence-corrected chi connectivity index (χ2v) is 29.9. The number of phenolic OH excluding ortho intramolecular Hbond substituents is 1. The Labute approximate surface area is 654 Å². The molecule has 106 heavy (non-hydrogen) atoms. The molecule has 4 N–H and O–H groups in total. The Kier molecular flexibility index (Phi) is 35.1. The van der Waals surface area contributed by atoms with Gasteiger partial charge in [-0.15, -0.1) is 0 Å². The summed E-state index contributed by atoms with van der Waals surface area (Å²) < 4.78 is 39.9. The van der Waals surface area contributed by atoms with Crippen molar-refractivity contribution in [3.63, 3.8) is 0 Å². The quantitative estimate of drug-likeness (QED) is 0.0564. The molecule has 0 unspecified atom stereocenters. The van der Waals surface area contributed by atoms with Crippen LogP contribution in [-0.4, -0.2) is 114 Å². The molecule has 0 spiro atoms. The monoisotopic (exact) mass is 1690 g/mol. The van der Waals surface area contributed by atoms with Gasteiger partial charge in [-0.2, -0.15) is 15.3 Å². The SMILES string of the molecule is C.C.C.CC(C)I.COc1ccc(-n2cc(-c3cnn(C)c3)c(C)cc2=O)c(C)c1.COc1ccc(-n2cc(Br)c(C)cc2=O)c(C)c1.COc1ccc(B(O)O)c(C)c1.Cc1cc(=O)[nH]cc1Br.Cc1cc(=O)n(-c2ccc(O)cc2C)cc1-c1cnn(C)c1.Cn1cc(B2OC(C)(C)C(C)(C)O2)cn1. The Hall–Kier alpha value is -8.83. The van der Waals surface area contributed by atoms with Crippen LogP contribution < -0.4 is 47.4 Å². The van der Waals surface area contributed by atoms with Crippen molar-refractivity contribution in [2.24, 2.45) is 21.1 Å². The molecule has 27 heteroatoms. The van der Waals surface area contributed by atoms with E-state index < -0.39 is 7.12 Å². The maximum atomic E-state index is 12.4. The smallest absolute Gasteiger partial charge is 0.498 e. The van der Waals surface area contributed by atoms with E-state index in [2.05, 4.69) is 88.6 Å². The summed E-state index contributed by atoms with van der Waals surface area (Å²) in [5.41, 5.74) is 14.4. The highest BCUT2D eigenvalue weighted by Crippen LogP contribution is 2.36. The van der Waals surface area contributed by atoms with Gasteiger partial charge in [0.15, 0.2) is 0 Å². The molecule has 7 aromatic heterocycles. The third-order valence-corrected chi connectivity index (χ3v) is 18.3. The first-order valence-corrected chi connectivity index (χ1v) is 35.5. The molecule has 1 saturated heterocycles. The zero-order chi connectivity index (χ0) is 76.5. The topological polar surface area (TPSA) is 259 Å². The lowest BCUT2D eigenvalue weighted by Gasteiger charge is -2.32. The number of alkyl halides is 1. The summed E-state index contributed by atoms with van der Waals surface area (Å²) in [6.07, 6.45) is 18.3. The molecule has 4 aromatic carbocycles. The first-order valence-electron chi connectivity index (χ1n) is 32.6. The largest absolute Gasteiger partial charge is 0.508 e. The number of benzene rings is 4. The number of pyridine rings is 4. The van der Waals surface area contributed by atoms with Gasteiger partial charge in [-0.05, 0) is 232 Å². The summed E-state index contributed by atoms with van der Waals surface area (Å²) in [6.45, 7) is 27.7. The molecule has 1 aliphatic rings. The highest BCUT2D eigenvalue weighted by Gasteiger charge is 2.52. The van der Waals surface area contributed by atoms with Gasteiger partial charge in [0.1, 0.15) is 23.0 Å². The van der Waals surface area contributed by atoms with Gasteiger partial charge in [0.2, 0.25) is 5.56 Å². The van der Waals surface area contributed by atoms with Crippen molar-refractivity contribution in [2.45, 2.75) is 134 Å². The lowest BCUT2D eigenvalue weighted by molar-refractivity contribution is 0.00578. The predicted octanol–water partition coefficient (Wildman–Crippen LogP) is 14.2. The molecule has 0 bridgehead atoms. The van der Waals surface area contributed by atoms with Gasteiger partial charge in [-0.3, -0.25) is 46.9 Å². The highest BCUT2D eigenvalue weighted by molar-refractivity contribution is 14.1. The number of aryl methyl sites for hydroxylation is 11. The van der Waals surface area contributed by atoms with Crippen molar-refractivity contribution in [3.8, 4) is 62.3 Å². The molecule has 568 valence electrons. The molecule has 12 rings (SSSR count). The van der Waals surface area contributed by atoms with E-state index in [0.717, 1.165) is 119 Å². The lowest BCUT2D eigenvalue weighted by atomic mass is 9.77. The van der Waals surface area contributed by atoms with Gasteiger partial charge in [-0.25, -0.2) is 0 Å². The van der Waals surface area contributed by atoms with E-state index in [-0.39, 0.29) is 68.6 Å². The first-order chi connectivity index (χ1) is 48.4. The molecule has 22 nitrogen and oxygen atoms in total. The second kappa shape index (κ2) is 40.8. The Morgan fingerprint density at radius 1 is 0.500 bits per heavy atom. The molecule has 0 amide bonds. The number of phenols is 1. The third kappa shape index (κ3) is 24.9. The fourth-order valence-electron chi connectivity index (χ4n) is 10.3. The molecule has 11 aromatic rings.